The van der Waals surface area contributed by atoms with E-state index in [0.29, 0.717) is 11.4 Å². The highest BCUT2D eigenvalue weighted by atomic mass is 35.5. The summed E-state index contributed by atoms with van der Waals surface area (Å²) in [5.74, 6) is 0. The van der Waals surface area contributed by atoms with Gasteiger partial charge in [-0.15, -0.1) is 0 Å². The minimum absolute atomic E-state index is 0.187. The van der Waals surface area contributed by atoms with Crippen molar-refractivity contribution in [1.82, 2.24) is 0 Å². The van der Waals surface area contributed by atoms with Crippen molar-refractivity contribution in [3.8, 4) is 0 Å². The van der Waals surface area contributed by atoms with Gasteiger partial charge in [0.2, 0.25) is 5.70 Å². The zero-order chi connectivity index (χ0) is 10.6. The lowest BCUT2D eigenvalue weighted by Crippen LogP contribution is -1.96. The molecule has 1 aromatic carbocycles. The van der Waals surface area contributed by atoms with Crippen molar-refractivity contribution in [3.63, 3.8) is 0 Å². The van der Waals surface area contributed by atoms with Gasteiger partial charge in [-0.05, 0) is 17.7 Å². The zero-order valence-electron chi connectivity index (χ0n) is 7.74. The second-order valence-corrected chi connectivity index (χ2v) is 3.24. The van der Waals surface area contributed by atoms with Crippen molar-refractivity contribution < 1.29 is 4.92 Å². The van der Waals surface area contributed by atoms with Crippen LogP contribution < -0.4 is 0 Å². The molecule has 0 amide bonds. The number of halogens is 1. The largest absolute Gasteiger partial charge is 0.259 e. The summed E-state index contributed by atoms with van der Waals surface area (Å²) in [4.78, 5) is 10.1. The maximum Gasteiger partial charge on any atom is 0.246 e. The van der Waals surface area contributed by atoms with Gasteiger partial charge in [-0.1, -0.05) is 30.7 Å². The van der Waals surface area contributed by atoms with Crippen LogP contribution in [0.15, 0.2) is 30.0 Å². The zero-order valence-corrected chi connectivity index (χ0v) is 8.49. The maximum absolute atomic E-state index is 10.5. The van der Waals surface area contributed by atoms with Gasteiger partial charge in [-0.3, -0.25) is 10.1 Å². The third-order valence-electron chi connectivity index (χ3n) is 1.78. The minimum Gasteiger partial charge on any atom is -0.259 e. The van der Waals surface area contributed by atoms with E-state index in [0.717, 1.165) is 5.56 Å². The first-order valence-electron chi connectivity index (χ1n) is 4.24. The SMILES string of the molecule is CC/C(=C\c1cccc(Cl)c1)[N+](=O)[O-]. The van der Waals surface area contributed by atoms with Gasteiger partial charge < -0.3 is 0 Å². The minimum atomic E-state index is -0.374. The monoisotopic (exact) mass is 211 g/mol. The molecule has 1 aromatic rings. The van der Waals surface area contributed by atoms with Gasteiger partial charge in [-0.2, -0.15) is 0 Å². The van der Waals surface area contributed by atoms with Crippen LogP contribution in [0.25, 0.3) is 6.08 Å². The molecule has 4 heteroatoms. The van der Waals surface area contributed by atoms with Crippen LogP contribution in [0.4, 0.5) is 0 Å². The number of benzene rings is 1. The second kappa shape index (κ2) is 4.77. The molecule has 3 nitrogen and oxygen atoms in total. The Kier molecular flexibility index (Phi) is 3.65. The van der Waals surface area contributed by atoms with Crippen molar-refractivity contribution in [2.45, 2.75) is 13.3 Å². The molecule has 0 N–H and O–H groups in total. The fourth-order valence-electron chi connectivity index (χ4n) is 1.07. The van der Waals surface area contributed by atoms with Crippen LogP contribution >= 0.6 is 11.6 Å². The second-order valence-electron chi connectivity index (χ2n) is 2.80. The van der Waals surface area contributed by atoms with Gasteiger partial charge in [0.1, 0.15) is 0 Å². The Bertz CT molecular complexity index is 374. The van der Waals surface area contributed by atoms with Gasteiger partial charge in [0.25, 0.3) is 0 Å². The van der Waals surface area contributed by atoms with Gasteiger partial charge in [-0.25, -0.2) is 0 Å². The topological polar surface area (TPSA) is 43.1 Å². The van der Waals surface area contributed by atoms with Gasteiger partial charge >= 0.3 is 0 Å². The lowest BCUT2D eigenvalue weighted by Gasteiger charge is -1.96. The average molecular weight is 212 g/mol. The van der Waals surface area contributed by atoms with Crippen LogP contribution in [0.3, 0.4) is 0 Å². The molecule has 0 heterocycles. The molecule has 14 heavy (non-hydrogen) atoms. The third-order valence-corrected chi connectivity index (χ3v) is 2.01. The summed E-state index contributed by atoms with van der Waals surface area (Å²) in [6, 6.07) is 6.98. The fourth-order valence-corrected chi connectivity index (χ4v) is 1.27. The van der Waals surface area contributed by atoms with E-state index in [1.54, 1.807) is 31.2 Å². The number of hydrogen-bond acceptors (Lipinski definition) is 2. The smallest absolute Gasteiger partial charge is 0.246 e. The molecule has 74 valence electrons. The van der Waals surface area contributed by atoms with Crippen LogP contribution in [0.1, 0.15) is 18.9 Å². The summed E-state index contributed by atoms with van der Waals surface area (Å²) < 4.78 is 0. The van der Waals surface area contributed by atoms with E-state index < -0.39 is 0 Å². The molecule has 0 saturated carbocycles. The molecule has 0 radical (unpaired) electrons. The Labute approximate surface area is 87.2 Å². The Balaban J connectivity index is 3.00. The van der Waals surface area contributed by atoms with E-state index in [1.807, 2.05) is 0 Å². The van der Waals surface area contributed by atoms with Crippen LogP contribution in [-0.4, -0.2) is 4.92 Å². The van der Waals surface area contributed by atoms with Crippen LogP contribution in [0, 0.1) is 10.1 Å². The molecule has 0 bridgehead atoms. The van der Waals surface area contributed by atoms with Gasteiger partial charge in [0.05, 0.1) is 4.92 Å². The highest BCUT2D eigenvalue weighted by molar-refractivity contribution is 6.30. The fraction of sp³-hybridized carbons (Fsp3) is 0.200. The number of rotatable bonds is 3. The highest BCUT2D eigenvalue weighted by Crippen LogP contribution is 2.15. The third kappa shape index (κ3) is 2.85. The van der Waals surface area contributed by atoms with Crippen molar-refractivity contribution in [2.75, 3.05) is 0 Å². The van der Waals surface area contributed by atoms with Gasteiger partial charge in [0.15, 0.2) is 0 Å². The summed E-state index contributed by atoms with van der Waals surface area (Å²) >= 11 is 5.75. The van der Waals surface area contributed by atoms with Crippen LogP contribution in [0.2, 0.25) is 5.02 Å². The molecule has 0 aliphatic carbocycles. The van der Waals surface area contributed by atoms with E-state index in [4.69, 9.17) is 11.6 Å². The summed E-state index contributed by atoms with van der Waals surface area (Å²) in [5, 5.41) is 11.1. The highest BCUT2D eigenvalue weighted by Gasteiger charge is 2.06. The molecule has 0 saturated heterocycles. The molecule has 0 aliphatic heterocycles. The van der Waals surface area contributed by atoms with Crippen molar-refractivity contribution >= 4 is 17.7 Å². The van der Waals surface area contributed by atoms with E-state index in [-0.39, 0.29) is 10.6 Å². The molecule has 0 aromatic heterocycles. The lowest BCUT2D eigenvalue weighted by molar-refractivity contribution is -0.425. The quantitative estimate of drug-likeness (QED) is 0.568. The first kappa shape index (κ1) is 10.7. The van der Waals surface area contributed by atoms with E-state index >= 15 is 0 Å². The molecule has 0 unspecified atom stereocenters. The summed E-state index contributed by atoms with van der Waals surface area (Å²) in [7, 11) is 0. The first-order chi connectivity index (χ1) is 6.63. The molecule has 0 aliphatic rings. The van der Waals surface area contributed by atoms with Crippen molar-refractivity contribution in [1.29, 1.82) is 0 Å². The van der Waals surface area contributed by atoms with E-state index in [2.05, 4.69) is 0 Å². The van der Waals surface area contributed by atoms with Gasteiger partial charge in [0, 0.05) is 17.5 Å². The maximum atomic E-state index is 10.5. The Hall–Kier alpha value is -1.35. The first-order valence-corrected chi connectivity index (χ1v) is 4.62. The van der Waals surface area contributed by atoms with Crippen molar-refractivity contribution in [3.05, 3.63) is 50.7 Å². The summed E-state index contributed by atoms with van der Waals surface area (Å²) in [6.45, 7) is 1.75. The molecule has 0 atom stereocenters. The predicted octanol–water partition coefficient (Wildman–Crippen LogP) is 3.37. The standard InChI is InChI=1S/C10H10ClNO2/c1-2-10(12(13)14)7-8-4-3-5-9(11)6-8/h3-7H,2H2,1H3/b10-7+. The summed E-state index contributed by atoms with van der Waals surface area (Å²) in [6.07, 6.45) is 1.94. The Morgan fingerprint density at radius 3 is 2.86 bits per heavy atom. The summed E-state index contributed by atoms with van der Waals surface area (Å²) in [5.41, 5.74) is 0.943. The Morgan fingerprint density at radius 1 is 1.64 bits per heavy atom. The molecule has 1 rings (SSSR count). The number of allylic oxidation sites excluding steroid dienone is 1. The predicted molar refractivity (Wildman–Crippen MR) is 56.7 cm³/mol. The average Bonchev–Trinajstić information content (AvgIpc) is 2.14. The lowest BCUT2D eigenvalue weighted by atomic mass is 10.2. The van der Waals surface area contributed by atoms with Crippen LogP contribution in [-0.2, 0) is 0 Å². The van der Waals surface area contributed by atoms with Crippen LogP contribution in [0.5, 0.6) is 0 Å². The number of nitro groups is 1. The van der Waals surface area contributed by atoms with E-state index in [1.165, 1.54) is 6.08 Å². The number of hydrogen-bond donors (Lipinski definition) is 0. The molecular weight excluding hydrogens is 202 g/mol. The van der Waals surface area contributed by atoms with Crippen molar-refractivity contribution in [2.24, 2.45) is 0 Å². The molecule has 0 spiro atoms. The normalized spacial score (nSPS) is 11.4. The number of nitrogens with zero attached hydrogens (tertiary/aromatic N) is 1. The molecular formula is C10H10ClNO2. The van der Waals surface area contributed by atoms with E-state index in [9.17, 15) is 10.1 Å². The Morgan fingerprint density at radius 2 is 2.36 bits per heavy atom. The molecule has 0 fully saturated rings.